The van der Waals surface area contributed by atoms with Crippen LogP contribution in [0.5, 0.6) is 0 Å². The zero-order valence-corrected chi connectivity index (χ0v) is 51.8. The molecule has 23 rings (SSSR count). The zero-order valence-electron chi connectivity index (χ0n) is 51.8. The molecule has 45 nitrogen and oxygen atoms in total. The minimum absolute atomic E-state index is 0.939. The third kappa shape index (κ3) is 16.1. The van der Waals surface area contributed by atoms with E-state index >= 15 is 0 Å². The molecule has 14 bridgehead atoms. The summed E-state index contributed by atoms with van der Waals surface area (Å²) in [6.07, 6.45) is -95.1. The molecule has 27 N–H and O–H groups in total. The Morgan fingerprint density at radius 1 is 0.162 bits per heavy atom. The molecule has 0 aromatic rings. The minimum atomic E-state index is -2.39. The second-order valence-corrected chi connectivity index (χ2v) is 25.3. The molecule has 0 aliphatic carbocycles. The highest BCUT2D eigenvalue weighted by atomic mass is 16.8. The summed E-state index contributed by atoms with van der Waals surface area (Å²) in [6.45, 7) is -9.72. The van der Waals surface area contributed by atoms with E-state index in [0.29, 0.717) is 0 Å². The number of ether oxygens (including phenoxy) is 18. The van der Waals surface area contributed by atoms with Crippen LogP contribution < -0.4 is 0 Å². The van der Waals surface area contributed by atoms with E-state index in [-0.39, 0.29) is 0 Å². The predicted octanol–water partition coefficient (Wildman–Crippen LogP) is -19.6. The predicted molar refractivity (Wildman–Crippen MR) is 294 cm³/mol. The standard InChI is InChI=1S/C54H90O45/c55-1-10-19(62)21(64)30(73)46(84-10)82-8-17-44-29(72)38(81)54(92-17)97-43-16(7-61)88-50(34(77)25(43)68)95-41-14(5-59)90-52(36(79)27(41)70)99-45-18(9-83-47-31(74)22(65)20(63)11(2-56)85-47)91-53(37(80)28(45)71)96-42-15(6-60)87-49(33(76)24(42)67)93-39-12(3-57)86-48(32(75)23(39)66)94-40-13(4-58)89-51(98-44)35(78)26(40)69/h10-81H,1-9H2/t10-,11-,12-,13-,14-,15-,16-,17-,18-,19+,20+,21+,22+,23-,24-,25-,26-,27-,28-,29-,30-,31-,32-,33-,34+,35-,36+,37-,38-,39-,40-,41-,42-,43-,44-,45-,46-,47-,48-,49-,50-,51-,52-,53-,54-/m1/s1. The smallest absolute Gasteiger partial charge is 0.187 e. The lowest BCUT2D eigenvalue weighted by atomic mass is 9.95. The fourth-order valence-electron chi connectivity index (χ4n) is 13.2. The van der Waals surface area contributed by atoms with Crippen molar-refractivity contribution < 1.29 is 223 Å². The first-order valence-corrected chi connectivity index (χ1v) is 31.6. The first-order chi connectivity index (χ1) is 47.1. The molecule has 45 heteroatoms. The van der Waals surface area contributed by atoms with Gasteiger partial charge in [-0.3, -0.25) is 0 Å². The Hall–Kier alpha value is -1.80. The van der Waals surface area contributed by atoms with Gasteiger partial charge in [-0.25, -0.2) is 0 Å². The first kappa shape index (κ1) is 79.8. The molecule has 23 heterocycles. The molecule has 99 heavy (non-hydrogen) atoms. The highest BCUT2D eigenvalue weighted by Crippen LogP contribution is 2.40. The molecule has 0 spiro atoms. The lowest BCUT2D eigenvalue weighted by molar-refractivity contribution is -0.399. The Balaban J connectivity index is 0.964. The molecule has 576 valence electrons. The van der Waals surface area contributed by atoms with Gasteiger partial charge in [0, 0.05) is 0 Å². The Bertz CT molecular complexity index is 2420. The summed E-state index contributed by atoms with van der Waals surface area (Å²) in [5, 5.41) is 300. The van der Waals surface area contributed by atoms with Crippen molar-refractivity contribution in [1.82, 2.24) is 0 Å². The Morgan fingerprint density at radius 2 is 0.333 bits per heavy atom. The van der Waals surface area contributed by atoms with Gasteiger partial charge in [-0.15, -0.1) is 0 Å². The summed E-state index contributed by atoms with van der Waals surface area (Å²) in [7, 11) is 0. The molecule has 0 unspecified atom stereocenters. The van der Waals surface area contributed by atoms with Gasteiger partial charge in [0.05, 0.1) is 59.5 Å². The van der Waals surface area contributed by atoms with Gasteiger partial charge in [-0.05, 0) is 0 Å². The normalized spacial score (nSPS) is 55.1. The average Bonchev–Trinajstić information content (AvgIpc) is 0.789. The van der Waals surface area contributed by atoms with Crippen LogP contribution in [-0.2, 0) is 85.3 Å². The van der Waals surface area contributed by atoms with Crippen molar-refractivity contribution in [3.05, 3.63) is 0 Å². The Labute approximate surface area is 558 Å². The van der Waals surface area contributed by atoms with Crippen LogP contribution in [0.4, 0.5) is 0 Å². The zero-order chi connectivity index (χ0) is 72.1. The fraction of sp³-hybridized carbons (Fsp3) is 1.00. The number of aliphatic hydroxyl groups is 27. The minimum Gasteiger partial charge on any atom is -0.394 e. The monoisotopic (exact) mass is 1460 g/mol. The van der Waals surface area contributed by atoms with Gasteiger partial charge in [0.2, 0.25) is 0 Å². The van der Waals surface area contributed by atoms with Gasteiger partial charge < -0.3 is 223 Å². The van der Waals surface area contributed by atoms with Crippen LogP contribution in [0.2, 0.25) is 0 Å². The van der Waals surface area contributed by atoms with Crippen molar-refractivity contribution in [2.75, 3.05) is 59.5 Å². The Morgan fingerprint density at radius 3 is 0.515 bits per heavy atom. The fourth-order valence-corrected chi connectivity index (χ4v) is 13.2. The first-order valence-electron chi connectivity index (χ1n) is 31.6. The molecule has 23 fully saturated rings. The van der Waals surface area contributed by atoms with Crippen LogP contribution in [0.15, 0.2) is 0 Å². The third-order valence-corrected chi connectivity index (χ3v) is 19.0. The molecular weight excluding hydrogens is 1370 g/mol. The van der Waals surface area contributed by atoms with Crippen LogP contribution in [0.3, 0.4) is 0 Å². The van der Waals surface area contributed by atoms with E-state index < -0.39 is 336 Å². The molecule has 0 radical (unpaired) electrons. The topological polar surface area (TPSA) is 712 Å². The van der Waals surface area contributed by atoms with Crippen molar-refractivity contribution in [2.24, 2.45) is 0 Å². The number of hydrogen-bond donors (Lipinski definition) is 27. The van der Waals surface area contributed by atoms with Crippen molar-refractivity contribution in [1.29, 1.82) is 0 Å². The molecule has 23 aliphatic heterocycles. The number of aliphatic hydroxyl groups excluding tert-OH is 27. The summed E-state index contributed by atoms with van der Waals surface area (Å²) in [4.78, 5) is 0. The van der Waals surface area contributed by atoms with Crippen molar-refractivity contribution in [2.45, 2.75) is 276 Å². The quantitative estimate of drug-likeness (QED) is 0.0814. The van der Waals surface area contributed by atoms with Crippen LogP contribution >= 0.6 is 0 Å². The van der Waals surface area contributed by atoms with Gasteiger partial charge >= 0.3 is 0 Å². The van der Waals surface area contributed by atoms with Gasteiger partial charge in [0.25, 0.3) is 0 Å². The van der Waals surface area contributed by atoms with Crippen molar-refractivity contribution in [3.8, 4) is 0 Å². The lowest BCUT2D eigenvalue weighted by Gasteiger charge is -2.50. The summed E-state index contributed by atoms with van der Waals surface area (Å²) in [5.41, 5.74) is 0. The largest absolute Gasteiger partial charge is 0.394 e. The van der Waals surface area contributed by atoms with Gasteiger partial charge in [0.15, 0.2) is 56.6 Å². The SMILES string of the molecule is OC[C@H]1O[C@@H](OC[C@H]2O[C@@H]3O[C@H]4[C@H](O)[C@@H](O)[C@@H](O[C@H]5[C@H](O)[C@@H](O)[C@@H](O[C@H]6[C@H](O)[C@@H](O)[C@@H](O[C@H]7[C@H](O)[C@@H](O)[C@@H](O[C@H]8[C@H](O)[C@H](O)[C@@H](O[C@H]9[C@H](O)[C@H](O)[C@@H](O[C@H]2[C@H](O)[C@H]3O)O[C@@H]9CO)O[C@@H]8CO)O[C@@H]7CO[C@@H]2O[C@H](CO)[C@H](O)[C@H](O)[C@H]2O)O[C@@H]6CO)O[C@@H]5CO)O[C@@H]4CO)[C@H](O)[C@@H](O)[C@H]1O. The molecule has 0 saturated carbocycles. The van der Waals surface area contributed by atoms with Crippen LogP contribution in [-0.4, -0.2) is 474 Å². The molecule has 23 aliphatic rings. The maximum Gasteiger partial charge on any atom is 0.187 e. The summed E-state index contributed by atoms with van der Waals surface area (Å²) in [6, 6.07) is 0. The van der Waals surface area contributed by atoms with Crippen LogP contribution in [0.1, 0.15) is 0 Å². The molecule has 23 saturated heterocycles. The summed E-state index contributed by atoms with van der Waals surface area (Å²) < 4.78 is 104. The van der Waals surface area contributed by atoms with E-state index in [1.807, 2.05) is 0 Å². The van der Waals surface area contributed by atoms with Crippen molar-refractivity contribution in [3.63, 3.8) is 0 Å². The summed E-state index contributed by atoms with van der Waals surface area (Å²) in [5.74, 6) is 0. The lowest BCUT2D eigenvalue weighted by Crippen LogP contribution is -2.68. The highest BCUT2D eigenvalue weighted by molar-refractivity contribution is 5.03. The van der Waals surface area contributed by atoms with E-state index in [9.17, 15) is 138 Å². The van der Waals surface area contributed by atoms with Gasteiger partial charge in [-0.1, -0.05) is 0 Å². The van der Waals surface area contributed by atoms with Crippen LogP contribution in [0, 0.1) is 0 Å². The maximum atomic E-state index is 11.9. The van der Waals surface area contributed by atoms with Crippen molar-refractivity contribution >= 4 is 0 Å². The molecule has 0 aromatic carbocycles. The average molecular weight is 1460 g/mol. The number of rotatable bonds is 13. The molecule has 0 amide bonds. The maximum absolute atomic E-state index is 11.9. The van der Waals surface area contributed by atoms with E-state index in [1.54, 1.807) is 0 Å². The molecular formula is C54H90O45. The van der Waals surface area contributed by atoms with Crippen LogP contribution in [0.25, 0.3) is 0 Å². The second kappa shape index (κ2) is 34.0. The molecule has 45 atom stereocenters. The van der Waals surface area contributed by atoms with Gasteiger partial charge in [0.1, 0.15) is 220 Å². The molecule has 0 aromatic heterocycles. The van der Waals surface area contributed by atoms with E-state index in [4.69, 9.17) is 85.3 Å². The highest BCUT2D eigenvalue weighted by Gasteiger charge is 2.61. The second-order valence-electron chi connectivity index (χ2n) is 25.3. The number of hydrogen-bond acceptors (Lipinski definition) is 45. The van der Waals surface area contributed by atoms with Gasteiger partial charge in [-0.2, -0.15) is 0 Å². The third-order valence-electron chi connectivity index (χ3n) is 19.0. The Kier molecular flexibility index (Phi) is 27.4. The van der Waals surface area contributed by atoms with E-state index in [0.717, 1.165) is 0 Å². The van der Waals surface area contributed by atoms with E-state index in [1.165, 1.54) is 0 Å². The summed E-state index contributed by atoms with van der Waals surface area (Å²) >= 11 is 0. The van der Waals surface area contributed by atoms with E-state index in [2.05, 4.69) is 0 Å².